The molecule has 0 aliphatic carbocycles. The first-order chi connectivity index (χ1) is 14.1. The van der Waals surface area contributed by atoms with Crippen LogP contribution in [0.3, 0.4) is 0 Å². The first kappa shape index (κ1) is 19.1. The van der Waals surface area contributed by atoms with Crippen LogP contribution in [0.15, 0.2) is 48.7 Å². The minimum Gasteiger partial charge on any atom is -0.369 e. The monoisotopic (exact) mass is 389 g/mol. The number of hydrogen-bond donors (Lipinski definition) is 2. The maximum atomic E-state index is 4.54. The number of rotatable bonds is 5. The van der Waals surface area contributed by atoms with Crippen LogP contribution in [0.25, 0.3) is 0 Å². The lowest BCUT2D eigenvalue weighted by Crippen LogP contribution is -2.44. The molecule has 150 valence electrons. The molecular weight excluding hydrogens is 362 g/mol. The van der Waals surface area contributed by atoms with Gasteiger partial charge in [-0.1, -0.05) is 17.7 Å². The van der Waals surface area contributed by atoms with E-state index in [0.29, 0.717) is 11.8 Å². The van der Waals surface area contributed by atoms with Crippen molar-refractivity contribution in [2.24, 2.45) is 0 Å². The van der Waals surface area contributed by atoms with E-state index in [4.69, 9.17) is 0 Å². The van der Waals surface area contributed by atoms with Crippen molar-refractivity contribution in [2.75, 3.05) is 48.8 Å². The molecule has 1 saturated heterocycles. The fourth-order valence-electron chi connectivity index (χ4n) is 3.46. The molecule has 0 unspecified atom stereocenters. The van der Waals surface area contributed by atoms with Gasteiger partial charge < -0.3 is 20.4 Å². The standard InChI is InChI=1S/C22H27N7/c1-16-4-9-20(17(2)14-16)25-21-15-23-27-22(26-21)24-18-5-7-19(8-6-18)29-12-10-28(3)11-13-29/h4-9,14-15H,10-13H2,1-3H3,(H2,24,25,26,27). The van der Waals surface area contributed by atoms with Crippen molar-refractivity contribution in [1.82, 2.24) is 20.1 Å². The lowest BCUT2D eigenvalue weighted by molar-refractivity contribution is 0.313. The minimum atomic E-state index is 0.465. The van der Waals surface area contributed by atoms with Crippen LogP contribution in [0, 0.1) is 13.8 Å². The van der Waals surface area contributed by atoms with Crippen molar-refractivity contribution in [3.63, 3.8) is 0 Å². The third-order valence-corrected chi connectivity index (χ3v) is 5.20. The Kier molecular flexibility index (Phi) is 5.57. The molecule has 0 saturated carbocycles. The van der Waals surface area contributed by atoms with Gasteiger partial charge in [-0.15, -0.1) is 5.10 Å². The van der Waals surface area contributed by atoms with E-state index in [1.165, 1.54) is 11.3 Å². The molecule has 29 heavy (non-hydrogen) atoms. The van der Waals surface area contributed by atoms with E-state index in [1.54, 1.807) is 6.20 Å². The molecule has 1 fully saturated rings. The third kappa shape index (κ3) is 4.81. The summed E-state index contributed by atoms with van der Waals surface area (Å²) in [5.41, 5.74) is 5.59. The molecule has 0 bridgehead atoms. The molecule has 2 heterocycles. The zero-order valence-corrected chi connectivity index (χ0v) is 17.2. The summed E-state index contributed by atoms with van der Waals surface area (Å²) in [5.74, 6) is 1.12. The number of likely N-dealkylation sites (N-methyl/N-ethyl adjacent to an activating group) is 1. The average molecular weight is 390 g/mol. The maximum Gasteiger partial charge on any atom is 0.249 e. The lowest BCUT2D eigenvalue weighted by Gasteiger charge is -2.34. The SMILES string of the molecule is Cc1ccc(Nc2cnnc(Nc3ccc(N4CCN(C)CC4)cc3)n2)c(C)c1. The van der Waals surface area contributed by atoms with Crippen LogP contribution in [0.1, 0.15) is 11.1 Å². The van der Waals surface area contributed by atoms with Crippen molar-refractivity contribution >= 4 is 28.8 Å². The Balaban J connectivity index is 1.42. The smallest absolute Gasteiger partial charge is 0.249 e. The number of hydrogen-bond acceptors (Lipinski definition) is 7. The van der Waals surface area contributed by atoms with Crippen LogP contribution in [0.2, 0.25) is 0 Å². The summed E-state index contributed by atoms with van der Waals surface area (Å²) >= 11 is 0. The first-order valence-corrected chi connectivity index (χ1v) is 9.91. The second-order valence-electron chi connectivity index (χ2n) is 7.57. The van der Waals surface area contributed by atoms with Gasteiger partial charge in [-0.25, -0.2) is 0 Å². The zero-order valence-electron chi connectivity index (χ0n) is 17.2. The molecule has 2 N–H and O–H groups in total. The topological polar surface area (TPSA) is 69.2 Å². The van der Waals surface area contributed by atoms with Crippen LogP contribution in [-0.4, -0.2) is 53.3 Å². The summed E-state index contributed by atoms with van der Waals surface area (Å²) in [6.07, 6.45) is 1.63. The highest BCUT2D eigenvalue weighted by Gasteiger charge is 2.14. The van der Waals surface area contributed by atoms with E-state index in [2.05, 4.69) is 99.0 Å². The normalized spacial score (nSPS) is 14.7. The number of anilines is 5. The van der Waals surface area contributed by atoms with Crippen LogP contribution in [0.4, 0.5) is 28.8 Å². The van der Waals surface area contributed by atoms with E-state index in [-0.39, 0.29) is 0 Å². The predicted octanol–water partition coefficient (Wildman–Crippen LogP) is 3.73. The van der Waals surface area contributed by atoms with Gasteiger partial charge in [0.25, 0.3) is 0 Å². The van der Waals surface area contributed by atoms with Crippen LogP contribution < -0.4 is 15.5 Å². The highest BCUT2D eigenvalue weighted by molar-refractivity contribution is 5.63. The number of piperazine rings is 1. The number of aromatic nitrogens is 3. The highest BCUT2D eigenvalue weighted by Crippen LogP contribution is 2.23. The molecule has 3 aromatic rings. The zero-order chi connectivity index (χ0) is 20.2. The quantitative estimate of drug-likeness (QED) is 0.689. The summed E-state index contributed by atoms with van der Waals surface area (Å²) in [7, 11) is 2.17. The second-order valence-corrected chi connectivity index (χ2v) is 7.57. The minimum absolute atomic E-state index is 0.465. The fourth-order valence-corrected chi connectivity index (χ4v) is 3.46. The molecule has 0 radical (unpaired) electrons. The van der Waals surface area contributed by atoms with Crippen LogP contribution >= 0.6 is 0 Å². The summed E-state index contributed by atoms with van der Waals surface area (Å²) < 4.78 is 0. The largest absolute Gasteiger partial charge is 0.369 e. The Hall–Kier alpha value is -3.19. The average Bonchev–Trinajstić information content (AvgIpc) is 2.72. The van der Waals surface area contributed by atoms with Gasteiger partial charge in [-0.3, -0.25) is 0 Å². The van der Waals surface area contributed by atoms with Crippen LogP contribution in [-0.2, 0) is 0 Å². The molecule has 0 spiro atoms. The van der Waals surface area contributed by atoms with Crippen molar-refractivity contribution in [3.8, 4) is 0 Å². The van der Waals surface area contributed by atoms with Crippen LogP contribution in [0.5, 0.6) is 0 Å². The van der Waals surface area contributed by atoms with Gasteiger partial charge in [0, 0.05) is 43.2 Å². The van der Waals surface area contributed by atoms with Gasteiger partial charge in [0.05, 0.1) is 6.20 Å². The lowest BCUT2D eigenvalue weighted by atomic mass is 10.1. The summed E-state index contributed by atoms with van der Waals surface area (Å²) in [6, 6.07) is 14.7. The van der Waals surface area contributed by atoms with E-state index in [9.17, 15) is 0 Å². The van der Waals surface area contributed by atoms with Gasteiger partial charge in [0.2, 0.25) is 5.95 Å². The summed E-state index contributed by atoms with van der Waals surface area (Å²) in [4.78, 5) is 9.31. The molecule has 7 nitrogen and oxygen atoms in total. The van der Waals surface area contributed by atoms with E-state index in [0.717, 1.165) is 43.1 Å². The molecule has 0 amide bonds. The summed E-state index contributed by atoms with van der Waals surface area (Å²) in [5, 5.41) is 14.7. The highest BCUT2D eigenvalue weighted by atomic mass is 15.3. The first-order valence-electron chi connectivity index (χ1n) is 9.91. The van der Waals surface area contributed by atoms with E-state index in [1.807, 2.05) is 0 Å². The predicted molar refractivity (Wildman–Crippen MR) is 118 cm³/mol. The molecular formula is C22H27N7. The van der Waals surface area contributed by atoms with Crippen molar-refractivity contribution < 1.29 is 0 Å². The Bertz CT molecular complexity index is 963. The molecule has 2 aromatic carbocycles. The summed E-state index contributed by atoms with van der Waals surface area (Å²) in [6.45, 7) is 8.47. The number of aryl methyl sites for hydroxylation is 2. The molecule has 1 aliphatic rings. The Labute approximate surface area is 171 Å². The van der Waals surface area contributed by atoms with Gasteiger partial charge in [-0.05, 0) is 56.8 Å². The molecule has 1 aromatic heterocycles. The molecule has 4 rings (SSSR count). The Morgan fingerprint density at radius 3 is 2.38 bits per heavy atom. The van der Waals surface area contributed by atoms with Crippen molar-refractivity contribution in [3.05, 3.63) is 59.8 Å². The van der Waals surface area contributed by atoms with Gasteiger partial charge in [0.1, 0.15) is 0 Å². The fraction of sp³-hybridized carbons (Fsp3) is 0.318. The van der Waals surface area contributed by atoms with Gasteiger partial charge in [0.15, 0.2) is 5.82 Å². The Morgan fingerprint density at radius 2 is 1.66 bits per heavy atom. The third-order valence-electron chi connectivity index (χ3n) is 5.20. The molecule has 1 aliphatic heterocycles. The number of benzene rings is 2. The van der Waals surface area contributed by atoms with Gasteiger partial charge in [-0.2, -0.15) is 10.1 Å². The molecule has 7 heteroatoms. The van der Waals surface area contributed by atoms with Crippen molar-refractivity contribution in [2.45, 2.75) is 13.8 Å². The van der Waals surface area contributed by atoms with E-state index < -0.39 is 0 Å². The van der Waals surface area contributed by atoms with Crippen molar-refractivity contribution in [1.29, 1.82) is 0 Å². The van der Waals surface area contributed by atoms with Gasteiger partial charge >= 0.3 is 0 Å². The second kappa shape index (κ2) is 8.45. The number of nitrogens with one attached hydrogen (secondary N) is 2. The maximum absolute atomic E-state index is 4.54. The van der Waals surface area contributed by atoms with E-state index >= 15 is 0 Å². The molecule has 0 atom stereocenters. The Morgan fingerprint density at radius 1 is 0.897 bits per heavy atom. The number of nitrogens with zero attached hydrogens (tertiary/aromatic N) is 5.